The number of hydrogen-bond acceptors (Lipinski definition) is 5. The first-order valence-electron chi connectivity index (χ1n) is 6.76. The number of likely N-dealkylation sites (tertiary alicyclic amines) is 1. The third-order valence-electron chi connectivity index (χ3n) is 3.92. The molecule has 0 amide bonds. The van der Waals surface area contributed by atoms with Gasteiger partial charge in [0.15, 0.2) is 5.76 Å². The first-order chi connectivity index (χ1) is 9.13. The number of nitrogens with one attached hydrogen (secondary N) is 1. The minimum absolute atomic E-state index is 0.160. The molecule has 2 aliphatic rings. The van der Waals surface area contributed by atoms with Gasteiger partial charge < -0.3 is 4.52 Å². The molecule has 1 aromatic rings. The summed E-state index contributed by atoms with van der Waals surface area (Å²) in [4.78, 5) is 2.05. The predicted molar refractivity (Wildman–Crippen MR) is 69.9 cm³/mol. The summed E-state index contributed by atoms with van der Waals surface area (Å²) in [5.74, 6) is 0.777. The molecule has 3 rings (SSSR count). The maximum Gasteiger partial charge on any atom is 0.217 e. The van der Waals surface area contributed by atoms with Crippen LogP contribution in [-0.4, -0.2) is 42.9 Å². The fourth-order valence-corrected chi connectivity index (χ4v) is 4.47. The highest BCUT2D eigenvalue weighted by molar-refractivity contribution is 7.90. The molecule has 1 saturated heterocycles. The summed E-state index contributed by atoms with van der Waals surface area (Å²) in [5, 5.41) is 3.36. The van der Waals surface area contributed by atoms with Crippen LogP contribution in [0.25, 0.3) is 0 Å². The molecule has 1 aliphatic carbocycles. The van der Waals surface area contributed by atoms with Gasteiger partial charge in [0.1, 0.15) is 5.25 Å². The molecule has 0 bridgehead atoms. The molecule has 7 heteroatoms. The fourth-order valence-electron chi connectivity index (χ4n) is 2.76. The van der Waals surface area contributed by atoms with Crippen LogP contribution in [0.15, 0.2) is 16.8 Å². The Morgan fingerprint density at radius 3 is 2.74 bits per heavy atom. The van der Waals surface area contributed by atoms with Crippen LogP contribution in [0.1, 0.15) is 31.4 Å². The number of hydrogen-bond donors (Lipinski definition) is 1. The van der Waals surface area contributed by atoms with Crippen LogP contribution in [0.3, 0.4) is 0 Å². The van der Waals surface area contributed by atoms with Gasteiger partial charge in [-0.2, -0.15) is 0 Å². The summed E-state index contributed by atoms with van der Waals surface area (Å²) in [7, 11) is -3.16. The Kier molecular flexibility index (Phi) is 3.60. The first-order valence-corrected chi connectivity index (χ1v) is 8.31. The van der Waals surface area contributed by atoms with Crippen molar-refractivity contribution >= 4 is 10.0 Å². The molecule has 0 aromatic carbocycles. The average Bonchev–Trinajstić information content (AvgIpc) is 2.94. The minimum Gasteiger partial charge on any atom is -0.360 e. The van der Waals surface area contributed by atoms with Crippen molar-refractivity contribution in [1.29, 1.82) is 0 Å². The van der Waals surface area contributed by atoms with Gasteiger partial charge in [0.2, 0.25) is 10.0 Å². The molecule has 1 saturated carbocycles. The lowest BCUT2D eigenvalue weighted by Crippen LogP contribution is -2.57. The lowest BCUT2D eigenvalue weighted by molar-refractivity contribution is 0.156. The highest BCUT2D eigenvalue weighted by Crippen LogP contribution is 2.22. The Morgan fingerprint density at radius 1 is 1.37 bits per heavy atom. The maximum absolute atomic E-state index is 12.1. The second-order valence-electron chi connectivity index (χ2n) is 5.44. The Balaban J connectivity index is 1.49. The summed E-state index contributed by atoms with van der Waals surface area (Å²) < 4.78 is 32.1. The van der Waals surface area contributed by atoms with Gasteiger partial charge in [-0.05, 0) is 12.8 Å². The third kappa shape index (κ3) is 2.98. The van der Waals surface area contributed by atoms with Crippen molar-refractivity contribution in [1.82, 2.24) is 14.8 Å². The first kappa shape index (κ1) is 13.1. The summed E-state index contributed by atoms with van der Waals surface area (Å²) in [6, 6.07) is 1.96. The fraction of sp³-hybridized carbons (Fsp3) is 0.750. The number of sulfonamides is 1. The van der Waals surface area contributed by atoms with E-state index in [0.717, 1.165) is 31.4 Å². The van der Waals surface area contributed by atoms with E-state index in [-0.39, 0.29) is 11.3 Å². The molecule has 106 valence electrons. The van der Waals surface area contributed by atoms with Gasteiger partial charge in [0, 0.05) is 25.2 Å². The molecule has 2 heterocycles. The zero-order valence-corrected chi connectivity index (χ0v) is 11.6. The monoisotopic (exact) mass is 285 g/mol. The van der Waals surface area contributed by atoms with E-state index in [1.807, 2.05) is 0 Å². The third-order valence-corrected chi connectivity index (χ3v) is 5.76. The second-order valence-corrected chi connectivity index (χ2v) is 7.43. The van der Waals surface area contributed by atoms with Gasteiger partial charge >= 0.3 is 0 Å². The zero-order chi connectivity index (χ0) is 13.3. The van der Waals surface area contributed by atoms with Crippen LogP contribution in [0.4, 0.5) is 0 Å². The summed E-state index contributed by atoms with van der Waals surface area (Å²) in [5.41, 5.74) is 0. The van der Waals surface area contributed by atoms with Crippen LogP contribution in [0, 0.1) is 0 Å². The van der Waals surface area contributed by atoms with Gasteiger partial charge in [-0.15, -0.1) is 0 Å². The quantitative estimate of drug-likeness (QED) is 0.863. The molecule has 0 atom stereocenters. The number of nitrogens with zero attached hydrogens (tertiary/aromatic N) is 2. The molecule has 0 spiro atoms. The van der Waals surface area contributed by atoms with Gasteiger partial charge in [-0.1, -0.05) is 18.0 Å². The van der Waals surface area contributed by atoms with E-state index in [0.29, 0.717) is 19.6 Å². The van der Waals surface area contributed by atoms with Crippen molar-refractivity contribution < 1.29 is 12.9 Å². The predicted octanol–water partition coefficient (Wildman–Crippen LogP) is 0.721. The largest absolute Gasteiger partial charge is 0.360 e. The van der Waals surface area contributed by atoms with E-state index in [2.05, 4.69) is 14.8 Å². The molecule has 1 N–H and O–H groups in total. The van der Waals surface area contributed by atoms with Crippen LogP contribution in [0.5, 0.6) is 0 Å². The molecule has 0 unspecified atom stereocenters. The van der Waals surface area contributed by atoms with Gasteiger partial charge in [0.25, 0.3) is 0 Å². The highest BCUT2D eigenvalue weighted by Gasteiger charge is 2.38. The van der Waals surface area contributed by atoms with E-state index in [1.54, 1.807) is 12.3 Å². The van der Waals surface area contributed by atoms with E-state index in [9.17, 15) is 8.42 Å². The van der Waals surface area contributed by atoms with Crippen molar-refractivity contribution in [2.24, 2.45) is 0 Å². The highest BCUT2D eigenvalue weighted by atomic mass is 32.2. The van der Waals surface area contributed by atoms with Crippen molar-refractivity contribution in [3.05, 3.63) is 18.0 Å². The number of aromatic nitrogens is 1. The average molecular weight is 285 g/mol. The summed E-state index contributed by atoms with van der Waals surface area (Å²) in [6.07, 6.45) is 5.83. The standard InChI is InChI=1S/C12H19N3O3S/c16-19(17,14-10-3-1-2-4-10)12-8-15(9-12)7-11-5-6-13-18-11/h5-6,10,12,14H,1-4,7-9H2. The minimum atomic E-state index is -3.16. The lowest BCUT2D eigenvalue weighted by Gasteiger charge is -2.38. The molecule has 2 fully saturated rings. The smallest absolute Gasteiger partial charge is 0.217 e. The Bertz CT molecular complexity index is 502. The molecule has 1 aromatic heterocycles. The van der Waals surface area contributed by atoms with E-state index in [4.69, 9.17) is 4.52 Å². The van der Waals surface area contributed by atoms with Crippen molar-refractivity contribution in [3.8, 4) is 0 Å². The normalized spacial score (nSPS) is 22.7. The SMILES string of the molecule is O=S(=O)(NC1CCCC1)C1CN(Cc2ccno2)C1. The second kappa shape index (κ2) is 5.22. The van der Waals surface area contributed by atoms with E-state index < -0.39 is 10.0 Å². The van der Waals surface area contributed by atoms with Crippen LogP contribution in [0.2, 0.25) is 0 Å². The molecule has 0 radical (unpaired) electrons. The molecular weight excluding hydrogens is 266 g/mol. The van der Waals surface area contributed by atoms with Gasteiger partial charge in [-0.25, -0.2) is 13.1 Å². The van der Waals surface area contributed by atoms with Crippen molar-refractivity contribution in [3.63, 3.8) is 0 Å². The van der Waals surface area contributed by atoms with Gasteiger partial charge in [-0.3, -0.25) is 4.90 Å². The van der Waals surface area contributed by atoms with Crippen LogP contribution < -0.4 is 4.72 Å². The lowest BCUT2D eigenvalue weighted by atomic mass is 10.2. The van der Waals surface area contributed by atoms with E-state index in [1.165, 1.54) is 0 Å². The van der Waals surface area contributed by atoms with E-state index >= 15 is 0 Å². The number of rotatable bonds is 5. The molecule has 19 heavy (non-hydrogen) atoms. The van der Waals surface area contributed by atoms with Crippen molar-refractivity contribution in [2.75, 3.05) is 13.1 Å². The Morgan fingerprint density at radius 2 is 2.11 bits per heavy atom. The van der Waals surface area contributed by atoms with Crippen molar-refractivity contribution in [2.45, 2.75) is 43.5 Å². The topological polar surface area (TPSA) is 75.4 Å². The van der Waals surface area contributed by atoms with Gasteiger partial charge in [0.05, 0.1) is 12.7 Å². The summed E-state index contributed by atoms with van der Waals surface area (Å²) >= 11 is 0. The molecule has 6 nitrogen and oxygen atoms in total. The maximum atomic E-state index is 12.1. The Labute approximate surface area is 113 Å². The van der Waals surface area contributed by atoms with Crippen LogP contribution >= 0.6 is 0 Å². The zero-order valence-electron chi connectivity index (χ0n) is 10.8. The molecule has 1 aliphatic heterocycles. The Hall–Kier alpha value is -0.920. The summed E-state index contributed by atoms with van der Waals surface area (Å²) in [6.45, 7) is 1.78. The molecular formula is C12H19N3O3S. The van der Waals surface area contributed by atoms with Crippen LogP contribution in [-0.2, 0) is 16.6 Å².